The van der Waals surface area contributed by atoms with E-state index in [0.717, 1.165) is 16.7 Å². The van der Waals surface area contributed by atoms with E-state index in [2.05, 4.69) is 121 Å². The molecule has 34 heavy (non-hydrogen) atoms. The van der Waals surface area contributed by atoms with Gasteiger partial charge in [0.05, 0.1) is 11.6 Å². The van der Waals surface area contributed by atoms with Crippen molar-refractivity contribution >= 4 is 11.1 Å². The minimum atomic E-state index is 0.668. The molecule has 0 aliphatic carbocycles. The highest BCUT2D eigenvalue weighted by Gasteiger charge is 2.16. The van der Waals surface area contributed by atoms with Crippen LogP contribution in [-0.2, 0) is 0 Å². The molecule has 0 aliphatic rings. The molecule has 0 N–H and O–H groups in total. The van der Waals surface area contributed by atoms with Crippen molar-refractivity contribution in [2.24, 2.45) is 0 Å². The van der Waals surface area contributed by atoms with E-state index in [4.69, 9.17) is 0 Å². The summed E-state index contributed by atoms with van der Waals surface area (Å²) in [7, 11) is 0. The van der Waals surface area contributed by atoms with Crippen LogP contribution in [-0.4, -0.2) is 0 Å². The zero-order valence-corrected chi connectivity index (χ0v) is 18.7. The molecule has 5 rings (SSSR count). The minimum absolute atomic E-state index is 0.668. The van der Waals surface area contributed by atoms with Crippen LogP contribution in [0.3, 0.4) is 0 Å². The van der Waals surface area contributed by atoms with Gasteiger partial charge in [0, 0.05) is 0 Å². The van der Waals surface area contributed by atoms with Gasteiger partial charge in [-0.05, 0) is 56.7 Å². The molecule has 0 fully saturated rings. The lowest BCUT2D eigenvalue weighted by molar-refractivity contribution is 1.48. The van der Waals surface area contributed by atoms with Crippen LogP contribution in [0.4, 0.5) is 0 Å². The number of hydrogen-bond acceptors (Lipinski definition) is 1. The van der Waals surface area contributed by atoms with Crippen molar-refractivity contribution in [3.63, 3.8) is 0 Å². The fourth-order valence-corrected chi connectivity index (χ4v) is 4.32. The predicted octanol–water partition coefficient (Wildman–Crippen LogP) is 8.23. The Labute approximate surface area is 200 Å². The molecular formula is C33H23N. The molecule has 5 aromatic rings. The van der Waals surface area contributed by atoms with Gasteiger partial charge in [0.15, 0.2) is 0 Å². The normalized spacial score (nSPS) is 10.3. The summed E-state index contributed by atoms with van der Waals surface area (Å²) in [4.78, 5) is 0. The van der Waals surface area contributed by atoms with Crippen molar-refractivity contribution in [2.45, 2.75) is 0 Å². The van der Waals surface area contributed by atoms with E-state index < -0.39 is 0 Å². The lowest BCUT2D eigenvalue weighted by Gasteiger charge is -2.18. The average molecular weight is 434 g/mol. The third kappa shape index (κ3) is 4.44. The number of nitriles is 1. The molecule has 1 heteroatoms. The average Bonchev–Trinajstić information content (AvgIpc) is 2.93. The number of rotatable bonds is 5. The first-order valence-electron chi connectivity index (χ1n) is 11.3. The first-order valence-corrected chi connectivity index (χ1v) is 11.3. The molecule has 0 saturated carbocycles. The molecule has 0 amide bonds. The molecule has 0 spiro atoms. The van der Waals surface area contributed by atoms with Crippen LogP contribution in [0.15, 0.2) is 140 Å². The van der Waals surface area contributed by atoms with Gasteiger partial charge in [0.1, 0.15) is 0 Å². The molecule has 0 aromatic heterocycles. The monoisotopic (exact) mass is 433 g/mol. The summed E-state index contributed by atoms with van der Waals surface area (Å²) in [6.45, 7) is 0. The Morgan fingerprint density at radius 2 is 0.853 bits per heavy atom. The topological polar surface area (TPSA) is 23.8 Å². The third-order valence-electron chi connectivity index (χ3n) is 5.94. The zero-order valence-electron chi connectivity index (χ0n) is 18.7. The smallest absolute Gasteiger partial charge is 0.0991 e. The Hall–Kier alpha value is -4.67. The van der Waals surface area contributed by atoms with Gasteiger partial charge < -0.3 is 0 Å². The fraction of sp³-hybridized carbons (Fsp3) is 0. The van der Waals surface area contributed by atoms with Crippen molar-refractivity contribution in [1.82, 2.24) is 0 Å². The van der Waals surface area contributed by atoms with E-state index in [1.54, 1.807) is 0 Å². The molecule has 0 saturated heterocycles. The summed E-state index contributed by atoms with van der Waals surface area (Å²) >= 11 is 0. The van der Waals surface area contributed by atoms with E-state index in [1.807, 2.05) is 24.3 Å². The summed E-state index contributed by atoms with van der Waals surface area (Å²) in [6.07, 6.45) is 0. The van der Waals surface area contributed by atoms with Crippen LogP contribution in [0.5, 0.6) is 0 Å². The van der Waals surface area contributed by atoms with Gasteiger partial charge in [-0.2, -0.15) is 5.26 Å². The van der Waals surface area contributed by atoms with E-state index in [9.17, 15) is 5.26 Å². The molecule has 0 heterocycles. The minimum Gasteiger partial charge on any atom is -0.192 e. The second-order valence-electron chi connectivity index (χ2n) is 8.12. The molecule has 160 valence electrons. The van der Waals surface area contributed by atoms with Crippen molar-refractivity contribution in [3.8, 4) is 17.2 Å². The number of nitrogens with zero attached hydrogens (tertiary/aromatic N) is 1. The summed E-state index contributed by atoms with van der Waals surface area (Å²) in [5.74, 6) is 0. The summed E-state index contributed by atoms with van der Waals surface area (Å²) in [5.41, 5.74) is 9.87. The van der Waals surface area contributed by atoms with Gasteiger partial charge in [0.25, 0.3) is 0 Å². The lowest BCUT2D eigenvalue weighted by atomic mass is 9.85. The highest BCUT2D eigenvalue weighted by atomic mass is 14.2. The Bertz CT molecular complexity index is 1420. The van der Waals surface area contributed by atoms with Gasteiger partial charge in [-0.25, -0.2) is 0 Å². The molecule has 0 unspecified atom stereocenters. The van der Waals surface area contributed by atoms with Crippen LogP contribution in [0.25, 0.3) is 22.3 Å². The lowest BCUT2D eigenvalue weighted by Crippen LogP contribution is -1.97. The van der Waals surface area contributed by atoms with Crippen LogP contribution in [0.2, 0.25) is 0 Å². The van der Waals surface area contributed by atoms with Crippen LogP contribution in [0, 0.1) is 11.3 Å². The highest BCUT2D eigenvalue weighted by Crippen LogP contribution is 2.37. The Morgan fingerprint density at radius 3 is 1.29 bits per heavy atom. The molecule has 5 aromatic carbocycles. The van der Waals surface area contributed by atoms with Gasteiger partial charge in [0.2, 0.25) is 0 Å². The van der Waals surface area contributed by atoms with Gasteiger partial charge in [-0.15, -0.1) is 0 Å². The largest absolute Gasteiger partial charge is 0.192 e. The summed E-state index contributed by atoms with van der Waals surface area (Å²) in [6, 6.07) is 50.4. The third-order valence-corrected chi connectivity index (χ3v) is 5.94. The molecular weight excluding hydrogens is 410 g/mol. The van der Waals surface area contributed by atoms with Gasteiger partial charge in [-0.1, -0.05) is 127 Å². The van der Waals surface area contributed by atoms with Crippen molar-refractivity contribution < 1.29 is 0 Å². The maximum Gasteiger partial charge on any atom is 0.0991 e. The summed E-state index contributed by atoms with van der Waals surface area (Å²) < 4.78 is 0. The molecule has 0 aliphatic heterocycles. The molecule has 1 nitrogen and oxygen atoms in total. The second-order valence-corrected chi connectivity index (χ2v) is 8.12. The van der Waals surface area contributed by atoms with E-state index in [-0.39, 0.29) is 0 Å². The maximum absolute atomic E-state index is 9.27. The van der Waals surface area contributed by atoms with E-state index >= 15 is 0 Å². The van der Waals surface area contributed by atoms with Crippen LogP contribution >= 0.6 is 0 Å². The van der Waals surface area contributed by atoms with Gasteiger partial charge in [-0.3, -0.25) is 0 Å². The Morgan fingerprint density at radius 1 is 0.412 bits per heavy atom. The standard InChI is InChI=1S/C33H23N/c34-24-25-11-10-18-31(23-25)26-19-21-30(22-20-26)33(29-16-8-3-9-17-29)32(27-12-4-1-5-13-27)28-14-6-2-7-15-28/h1-23H. The van der Waals surface area contributed by atoms with Crippen molar-refractivity contribution in [3.05, 3.63) is 167 Å². The van der Waals surface area contributed by atoms with Crippen molar-refractivity contribution in [1.29, 1.82) is 5.26 Å². The quantitative estimate of drug-likeness (QED) is 0.256. The van der Waals surface area contributed by atoms with E-state index in [0.29, 0.717) is 5.56 Å². The first kappa shape index (κ1) is 21.2. The van der Waals surface area contributed by atoms with Crippen molar-refractivity contribution in [2.75, 3.05) is 0 Å². The Balaban J connectivity index is 1.73. The first-order chi connectivity index (χ1) is 16.8. The summed E-state index contributed by atoms with van der Waals surface area (Å²) in [5, 5.41) is 9.27. The predicted molar refractivity (Wildman–Crippen MR) is 141 cm³/mol. The molecule has 0 bridgehead atoms. The number of hydrogen-bond donors (Lipinski definition) is 0. The van der Waals surface area contributed by atoms with E-state index in [1.165, 1.54) is 27.8 Å². The highest BCUT2D eigenvalue weighted by molar-refractivity contribution is 6.04. The SMILES string of the molecule is N#Cc1cccc(-c2ccc(C(=C(c3ccccc3)c3ccccc3)c3ccccc3)cc2)c1. The van der Waals surface area contributed by atoms with Crippen LogP contribution in [0.1, 0.15) is 27.8 Å². The number of benzene rings is 5. The maximum atomic E-state index is 9.27. The second kappa shape index (κ2) is 9.86. The van der Waals surface area contributed by atoms with Crippen LogP contribution < -0.4 is 0 Å². The Kier molecular flexibility index (Phi) is 6.14. The zero-order chi connectivity index (χ0) is 23.2. The fourth-order valence-electron chi connectivity index (χ4n) is 4.32. The van der Waals surface area contributed by atoms with Gasteiger partial charge >= 0.3 is 0 Å². The molecule has 0 radical (unpaired) electrons. The molecule has 0 atom stereocenters.